The van der Waals surface area contributed by atoms with Gasteiger partial charge in [0.1, 0.15) is 0 Å². The van der Waals surface area contributed by atoms with Crippen LogP contribution in [0.15, 0.2) is 41.1 Å². The number of benzene rings is 1. The fourth-order valence-corrected chi connectivity index (χ4v) is 3.00. The van der Waals surface area contributed by atoms with Crippen LogP contribution in [0.2, 0.25) is 0 Å². The molecule has 3 rings (SSSR count). The minimum Gasteiger partial charge on any atom is -0.389 e. The minimum atomic E-state index is -0.389. The lowest BCUT2D eigenvalue weighted by atomic mass is 10.1. The highest BCUT2D eigenvalue weighted by Crippen LogP contribution is 2.33. The summed E-state index contributed by atoms with van der Waals surface area (Å²) in [6, 6.07) is 11.2. The SMILES string of the molecule is C[C@H](O)c1ccc(N(Cc2ccsc2)C2CC2)cc1. The highest BCUT2D eigenvalue weighted by Gasteiger charge is 2.29. The first kappa shape index (κ1) is 12.7. The van der Waals surface area contributed by atoms with Crippen LogP contribution in [0.3, 0.4) is 0 Å². The summed E-state index contributed by atoms with van der Waals surface area (Å²) < 4.78 is 0. The van der Waals surface area contributed by atoms with E-state index in [4.69, 9.17) is 0 Å². The first-order chi connectivity index (χ1) is 9.24. The van der Waals surface area contributed by atoms with Gasteiger partial charge in [-0.25, -0.2) is 0 Å². The molecule has 1 saturated carbocycles. The average Bonchev–Trinajstić information content (AvgIpc) is 3.13. The van der Waals surface area contributed by atoms with Crippen molar-refractivity contribution in [2.24, 2.45) is 0 Å². The molecule has 0 radical (unpaired) electrons. The van der Waals surface area contributed by atoms with E-state index in [2.05, 4.69) is 33.9 Å². The van der Waals surface area contributed by atoms with Crippen LogP contribution < -0.4 is 4.90 Å². The molecule has 0 amide bonds. The summed E-state index contributed by atoms with van der Waals surface area (Å²) in [5.74, 6) is 0. The molecule has 1 aliphatic rings. The molecule has 2 aromatic rings. The zero-order valence-electron chi connectivity index (χ0n) is 11.1. The molecule has 0 bridgehead atoms. The minimum absolute atomic E-state index is 0.389. The van der Waals surface area contributed by atoms with Crippen LogP contribution in [0.1, 0.15) is 37.0 Å². The van der Waals surface area contributed by atoms with Crippen molar-refractivity contribution >= 4 is 17.0 Å². The fraction of sp³-hybridized carbons (Fsp3) is 0.375. The molecule has 0 unspecified atom stereocenters. The average molecular weight is 273 g/mol. The van der Waals surface area contributed by atoms with Gasteiger partial charge in [-0.15, -0.1) is 0 Å². The molecule has 1 heterocycles. The smallest absolute Gasteiger partial charge is 0.0761 e. The van der Waals surface area contributed by atoms with E-state index in [0.717, 1.165) is 12.1 Å². The van der Waals surface area contributed by atoms with Gasteiger partial charge in [0.05, 0.1) is 6.10 Å². The van der Waals surface area contributed by atoms with Gasteiger partial charge < -0.3 is 10.0 Å². The number of hydrogen-bond acceptors (Lipinski definition) is 3. The zero-order valence-corrected chi connectivity index (χ0v) is 11.9. The Morgan fingerprint density at radius 3 is 2.53 bits per heavy atom. The van der Waals surface area contributed by atoms with Gasteiger partial charge in [0, 0.05) is 18.3 Å². The van der Waals surface area contributed by atoms with Crippen molar-refractivity contribution < 1.29 is 5.11 Å². The third-order valence-electron chi connectivity index (χ3n) is 3.63. The lowest BCUT2D eigenvalue weighted by molar-refractivity contribution is 0.199. The van der Waals surface area contributed by atoms with Crippen LogP contribution >= 0.6 is 11.3 Å². The molecule has 0 saturated heterocycles. The lowest BCUT2D eigenvalue weighted by Gasteiger charge is -2.24. The van der Waals surface area contributed by atoms with Crippen LogP contribution in [0, 0.1) is 0 Å². The number of aliphatic hydroxyl groups excluding tert-OH is 1. The van der Waals surface area contributed by atoms with Crippen molar-refractivity contribution in [3.05, 3.63) is 52.2 Å². The zero-order chi connectivity index (χ0) is 13.2. The van der Waals surface area contributed by atoms with Gasteiger partial charge in [0.2, 0.25) is 0 Å². The summed E-state index contributed by atoms with van der Waals surface area (Å²) in [5, 5.41) is 13.9. The van der Waals surface area contributed by atoms with Crippen LogP contribution in [0.25, 0.3) is 0 Å². The van der Waals surface area contributed by atoms with Gasteiger partial charge in [-0.2, -0.15) is 11.3 Å². The maximum atomic E-state index is 9.57. The maximum absolute atomic E-state index is 9.57. The first-order valence-electron chi connectivity index (χ1n) is 6.80. The van der Waals surface area contributed by atoms with Gasteiger partial charge in [-0.1, -0.05) is 12.1 Å². The molecular formula is C16H19NOS. The van der Waals surface area contributed by atoms with Crippen molar-refractivity contribution in [2.45, 2.75) is 38.5 Å². The van der Waals surface area contributed by atoms with Crippen molar-refractivity contribution in [2.75, 3.05) is 4.90 Å². The Bertz CT molecular complexity index is 514. The summed E-state index contributed by atoms with van der Waals surface area (Å²) in [5.41, 5.74) is 3.63. The van der Waals surface area contributed by atoms with Crippen molar-refractivity contribution in [1.29, 1.82) is 0 Å². The van der Waals surface area contributed by atoms with E-state index in [1.54, 1.807) is 18.3 Å². The Morgan fingerprint density at radius 2 is 2.00 bits per heavy atom. The standard InChI is InChI=1S/C16H19NOS/c1-12(18)14-2-4-15(5-3-14)17(16-6-7-16)10-13-8-9-19-11-13/h2-5,8-9,11-12,16,18H,6-7,10H2,1H3/t12-/m0/s1. The van der Waals surface area contributed by atoms with Crippen molar-refractivity contribution in [3.63, 3.8) is 0 Å². The predicted molar refractivity (Wildman–Crippen MR) is 80.6 cm³/mol. The highest BCUT2D eigenvalue weighted by atomic mass is 32.1. The lowest BCUT2D eigenvalue weighted by Crippen LogP contribution is -2.24. The van der Waals surface area contributed by atoms with Crippen molar-refractivity contribution in [3.8, 4) is 0 Å². The van der Waals surface area contributed by atoms with Crippen molar-refractivity contribution in [1.82, 2.24) is 0 Å². The molecule has 1 aromatic carbocycles. The molecule has 3 heteroatoms. The Morgan fingerprint density at radius 1 is 1.26 bits per heavy atom. The van der Waals surface area contributed by atoms with Gasteiger partial charge in [-0.3, -0.25) is 0 Å². The van der Waals surface area contributed by atoms with Gasteiger partial charge in [-0.05, 0) is 59.9 Å². The molecule has 0 spiro atoms. The van der Waals surface area contributed by atoms with Gasteiger partial charge in [0.25, 0.3) is 0 Å². The first-order valence-corrected chi connectivity index (χ1v) is 7.74. The van der Waals surface area contributed by atoms with Crippen LogP contribution in [0.4, 0.5) is 5.69 Å². The second kappa shape index (κ2) is 5.35. The molecule has 19 heavy (non-hydrogen) atoms. The molecule has 1 aliphatic carbocycles. The topological polar surface area (TPSA) is 23.5 Å². The van der Waals surface area contributed by atoms with Crippen LogP contribution in [0.5, 0.6) is 0 Å². The third kappa shape index (κ3) is 2.99. The summed E-state index contributed by atoms with van der Waals surface area (Å²) in [6.07, 6.45) is 2.20. The second-order valence-electron chi connectivity index (χ2n) is 5.26. The quantitative estimate of drug-likeness (QED) is 0.891. The number of rotatable bonds is 5. The molecular weight excluding hydrogens is 254 g/mol. The maximum Gasteiger partial charge on any atom is 0.0761 e. The van der Waals surface area contributed by atoms with E-state index in [1.165, 1.54) is 24.1 Å². The van der Waals surface area contributed by atoms with E-state index in [-0.39, 0.29) is 6.10 Å². The summed E-state index contributed by atoms with van der Waals surface area (Å²) in [6.45, 7) is 2.79. The largest absolute Gasteiger partial charge is 0.389 e. The molecule has 2 nitrogen and oxygen atoms in total. The Labute approximate surface area is 118 Å². The Hall–Kier alpha value is -1.32. The van der Waals surface area contributed by atoms with E-state index < -0.39 is 0 Å². The molecule has 1 aromatic heterocycles. The Balaban J connectivity index is 1.79. The van der Waals surface area contributed by atoms with Gasteiger partial charge >= 0.3 is 0 Å². The highest BCUT2D eigenvalue weighted by molar-refractivity contribution is 7.07. The number of anilines is 1. The van der Waals surface area contributed by atoms with E-state index >= 15 is 0 Å². The molecule has 100 valence electrons. The summed E-state index contributed by atoms with van der Waals surface area (Å²) >= 11 is 1.76. The number of nitrogens with zero attached hydrogens (tertiary/aromatic N) is 1. The summed E-state index contributed by atoms with van der Waals surface area (Å²) in [7, 11) is 0. The number of thiophene rings is 1. The van der Waals surface area contributed by atoms with E-state index in [1.807, 2.05) is 12.1 Å². The number of aliphatic hydroxyl groups is 1. The fourth-order valence-electron chi connectivity index (χ4n) is 2.34. The Kier molecular flexibility index (Phi) is 3.58. The predicted octanol–water partition coefficient (Wildman–Crippen LogP) is 3.97. The molecule has 0 aliphatic heterocycles. The number of hydrogen-bond donors (Lipinski definition) is 1. The summed E-state index contributed by atoms with van der Waals surface area (Å²) in [4.78, 5) is 2.48. The van der Waals surface area contributed by atoms with E-state index in [9.17, 15) is 5.11 Å². The van der Waals surface area contributed by atoms with Crippen LogP contribution in [-0.4, -0.2) is 11.1 Å². The monoisotopic (exact) mass is 273 g/mol. The third-order valence-corrected chi connectivity index (χ3v) is 4.36. The molecule has 1 fully saturated rings. The van der Waals surface area contributed by atoms with Crippen LogP contribution in [-0.2, 0) is 6.54 Å². The van der Waals surface area contributed by atoms with Gasteiger partial charge in [0.15, 0.2) is 0 Å². The normalized spacial score (nSPS) is 16.3. The molecule has 1 N–H and O–H groups in total. The molecule has 1 atom stereocenters. The van der Waals surface area contributed by atoms with E-state index in [0.29, 0.717) is 6.04 Å². The second-order valence-corrected chi connectivity index (χ2v) is 6.04.